The van der Waals surface area contributed by atoms with Crippen LogP contribution in [0.3, 0.4) is 0 Å². The zero-order chi connectivity index (χ0) is 18.8. The van der Waals surface area contributed by atoms with Gasteiger partial charge < -0.3 is 19.6 Å². The zero-order valence-electron chi connectivity index (χ0n) is 15.1. The third-order valence-corrected chi connectivity index (χ3v) is 5.10. The molecule has 1 N–H and O–H groups in total. The molecule has 0 bridgehead atoms. The highest BCUT2D eigenvalue weighted by atomic mass is 16.5. The van der Waals surface area contributed by atoms with E-state index in [1.807, 2.05) is 35.2 Å². The number of aromatic carboxylic acids is 1. The topological polar surface area (TPSA) is 70.1 Å². The number of likely N-dealkylation sites (tertiary alicyclic amines) is 1. The Labute approximate surface area is 158 Å². The summed E-state index contributed by atoms with van der Waals surface area (Å²) in [6.45, 7) is 2.98. The summed E-state index contributed by atoms with van der Waals surface area (Å²) in [5.41, 5.74) is 2.72. The predicted octanol–water partition coefficient (Wildman–Crippen LogP) is 3.54. The number of carbonyl (C=O) groups excluding carboxylic acids is 1. The lowest BCUT2D eigenvalue weighted by Gasteiger charge is -2.24. The van der Waals surface area contributed by atoms with Gasteiger partial charge in [-0.2, -0.15) is 0 Å². The van der Waals surface area contributed by atoms with Gasteiger partial charge in [0.25, 0.3) is 5.91 Å². The Morgan fingerprint density at radius 2 is 1.59 bits per heavy atom. The summed E-state index contributed by atoms with van der Waals surface area (Å²) in [5, 5.41) is 9.09. The zero-order valence-corrected chi connectivity index (χ0v) is 15.1. The Kier molecular flexibility index (Phi) is 4.71. The van der Waals surface area contributed by atoms with Crippen LogP contribution in [0.5, 0.6) is 5.75 Å². The van der Waals surface area contributed by atoms with Crippen LogP contribution in [0.25, 0.3) is 0 Å². The fourth-order valence-corrected chi connectivity index (χ4v) is 3.67. The van der Waals surface area contributed by atoms with Crippen LogP contribution >= 0.6 is 0 Å². The van der Waals surface area contributed by atoms with Gasteiger partial charge in [-0.05, 0) is 61.7 Å². The van der Waals surface area contributed by atoms with Gasteiger partial charge in [-0.3, -0.25) is 4.79 Å². The fourth-order valence-electron chi connectivity index (χ4n) is 3.67. The van der Waals surface area contributed by atoms with Crippen molar-refractivity contribution < 1.29 is 19.4 Å². The van der Waals surface area contributed by atoms with E-state index in [4.69, 9.17) is 9.84 Å². The number of amides is 1. The minimum absolute atomic E-state index is 0.0560. The molecule has 2 aromatic rings. The van der Waals surface area contributed by atoms with Crippen LogP contribution in [0.2, 0.25) is 0 Å². The van der Waals surface area contributed by atoms with Crippen LogP contribution in [-0.4, -0.2) is 48.1 Å². The molecule has 1 amide bonds. The van der Waals surface area contributed by atoms with Gasteiger partial charge in [-0.1, -0.05) is 0 Å². The Morgan fingerprint density at radius 1 is 0.889 bits per heavy atom. The molecular formula is C21H22N2O4. The Morgan fingerprint density at radius 3 is 2.30 bits per heavy atom. The van der Waals surface area contributed by atoms with Crippen molar-refractivity contribution in [2.24, 2.45) is 0 Å². The normalized spacial score (nSPS) is 16.4. The molecule has 2 aliphatic heterocycles. The molecule has 2 aromatic carbocycles. The highest BCUT2D eigenvalue weighted by Gasteiger charge is 2.23. The second-order valence-corrected chi connectivity index (χ2v) is 6.89. The first kappa shape index (κ1) is 17.4. The number of fused-ring (bicyclic) bond motifs is 1. The number of anilines is 2. The highest BCUT2D eigenvalue weighted by molar-refractivity contribution is 5.96. The molecule has 1 saturated heterocycles. The van der Waals surface area contributed by atoms with E-state index >= 15 is 0 Å². The van der Waals surface area contributed by atoms with Gasteiger partial charge in [0, 0.05) is 30.9 Å². The number of carbonyl (C=O) groups is 2. The van der Waals surface area contributed by atoms with Gasteiger partial charge >= 0.3 is 5.97 Å². The summed E-state index contributed by atoms with van der Waals surface area (Å²) in [7, 11) is 0. The van der Waals surface area contributed by atoms with Crippen LogP contribution in [0.15, 0.2) is 42.5 Å². The SMILES string of the molecule is O=C(O)c1ccc(N2CCCOc3cc(C(=O)N4CCCC4)ccc32)cc1. The lowest BCUT2D eigenvalue weighted by Crippen LogP contribution is -2.27. The van der Waals surface area contributed by atoms with Crippen LogP contribution in [0.4, 0.5) is 11.4 Å². The first-order valence-electron chi connectivity index (χ1n) is 9.30. The van der Waals surface area contributed by atoms with Gasteiger partial charge in [0.2, 0.25) is 0 Å². The predicted molar refractivity (Wildman–Crippen MR) is 102 cm³/mol. The van der Waals surface area contributed by atoms with E-state index in [1.54, 1.807) is 12.1 Å². The standard InChI is InChI=1S/C21H22N2O4/c24-20(22-10-1-2-11-22)16-6-9-18-19(14-16)27-13-3-12-23(18)17-7-4-15(5-8-17)21(25)26/h4-9,14H,1-3,10-13H2,(H,25,26). The quantitative estimate of drug-likeness (QED) is 0.900. The fraction of sp³-hybridized carbons (Fsp3) is 0.333. The van der Waals surface area contributed by atoms with Gasteiger partial charge in [-0.25, -0.2) is 4.79 Å². The maximum atomic E-state index is 12.7. The van der Waals surface area contributed by atoms with Crippen molar-refractivity contribution in [1.82, 2.24) is 4.90 Å². The average molecular weight is 366 g/mol. The first-order valence-corrected chi connectivity index (χ1v) is 9.30. The molecule has 0 atom stereocenters. The summed E-state index contributed by atoms with van der Waals surface area (Å²) in [6.07, 6.45) is 2.96. The molecule has 27 heavy (non-hydrogen) atoms. The Bertz CT molecular complexity index is 857. The van der Waals surface area contributed by atoms with Crippen LogP contribution < -0.4 is 9.64 Å². The summed E-state index contributed by atoms with van der Waals surface area (Å²) < 4.78 is 5.91. The van der Waals surface area contributed by atoms with E-state index in [0.717, 1.165) is 50.3 Å². The van der Waals surface area contributed by atoms with E-state index in [9.17, 15) is 9.59 Å². The Hall–Kier alpha value is -3.02. The van der Waals surface area contributed by atoms with E-state index in [-0.39, 0.29) is 11.5 Å². The molecule has 0 unspecified atom stereocenters. The lowest BCUT2D eigenvalue weighted by atomic mass is 10.1. The number of rotatable bonds is 3. The number of hydrogen-bond donors (Lipinski definition) is 1. The van der Waals surface area contributed by atoms with Crippen LogP contribution in [-0.2, 0) is 0 Å². The number of carboxylic acids is 1. The molecule has 0 aromatic heterocycles. The van der Waals surface area contributed by atoms with Crippen molar-refractivity contribution in [2.75, 3.05) is 31.1 Å². The summed E-state index contributed by atoms with van der Waals surface area (Å²) in [6, 6.07) is 12.4. The maximum absolute atomic E-state index is 12.7. The van der Waals surface area contributed by atoms with Gasteiger partial charge in [0.1, 0.15) is 5.75 Å². The Balaban J connectivity index is 1.65. The van der Waals surface area contributed by atoms with Crippen molar-refractivity contribution in [1.29, 1.82) is 0 Å². The first-order chi connectivity index (χ1) is 13.1. The van der Waals surface area contributed by atoms with Crippen molar-refractivity contribution in [2.45, 2.75) is 19.3 Å². The third kappa shape index (κ3) is 3.47. The van der Waals surface area contributed by atoms with E-state index < -0.39 is 5.97 Å². The molecule has 0 spiro atoms. The average Bonchev–Trinajstić information content (AvgIpc) is 3.14. The van der Waals surface area contributed by atoms with Gasteiger partial charge in [0.15, 0.2) is 0 Å². The summed E-state index contributed by atoms with van der Waals surface area (Å²) in [5.74, 6) is -0.188. The molecule has 2 heterocycles. The summed E-state index contributed by atoms with van der Waals surface area (Å²) >= 11 is 0. The molecule has 0 saturated carbocycles. The minimum Gasteiger partial charge on any atom is -0.491 e. The number of nitrogens with zero attached hydrogens (tertiary/aromatic N) is 2. The molecule has 1 fully saturated rings. The van der Waals surface area contributed by atoms with E-state index in [1.165, 1.54) is 0 Å². The monoisotopic (exact) mass is 366 g/mol. The van der Waals surface area contributed by atoms with E-state index in [2.05, 4.69) is 4.90 Å². The number of hydrogen-bond acceptors (Lipinski definition) is 4. The lowest BCUT2D eigenvalue weighted by molar-refractivity contribution is 0.0696. The van der Waals surface area contributed by atoms with E-state index in [0.29, 0.717) is 17.9 Å². The minimum atomic E-state index is -0.939. The van der Waals surface area contributed by atoms with Crippen LogP contribution in [0, 0.1) is 0 Å². The summed E-state index contributed by atoms with van der Waals surface area (Å²) in [4.78, 5) is 27.8. The molecule has 0 radical (unpaired) electrons. The van der Waals surface area contributed by atoms with Crippen molar-refractivity contribution in [3.8, 4) is 5.75 Å². The molecule has 2 aliphatic rings. The molecular weight excluding hydrogens is 344 g/mol. The van der Waals surface area contributed by atoms with Gasteiger partial charge in [-0.15, -0.1) is 0 Å². The molecule has 0 aliphatic carbocycles. The van der Waals surface area contributed by atoms with Crippen molar-refractivity contribution in [3.05, 3.63) is 53.6 Å². The number of benzene rings is 2. The smallest absolute Gasteiger partial charge is 0.335 e. The van der Waals surface area contributed by atoms with Crippen molar-refractivity contribution >= 4 is 23.3 Å². The molecule has 6 nitrogen and oxygen atoms in total. The van der Waals surface area contributed by atoms with Crippen LogP contribution in [0.1, 0.15) is 40.0 Å². The second-order valence-electron chi connectivity index (χ2n) is 6.89. The van der Waals surface area contributed by atoms with Gasteiger partial charge in [0.05, 0.1) is 17.9 Å². The third-order valence-electron chi connectivity index (χ3n) is 5.10. The maximum Gasteiger partial charge on any atom is 0.335 e. The highest BCUT2D eigenvalue weighted by Crippen LogP contribution is 2.37. The van der Waals surface area contributed by atoms with Crippen molar-refractivity contribution in [3.63, 3.8) is 0 Å². The largest absolute Gasteiger partial charge is 0.491 e. The second kappa shape index (κ2) is 7.31. The molecule has 6 heteroatoms. The molecule has 140 valence electrons. The number of carboxylic acid groups (broad SMARTS) is 1. The number of ether oxygens (including phenoxy) is 1. The molecule has 4 rings (SSSR count).